The molecule has 0 radical (unpaired) electrons. The molecule has 4 aromatic rings. The molecular formula is C20H20N6OS. The normalized spacial score (nSPS) is 13.6. The molecule has 0 bridgehead atoms. The fourth-order valence-electron chi connectivity index (χ4n) is 3.51. The van der Waals surface area contributed by atoms with E-state index in [1.165, 1.54) is 4.88 Å². The molecule has 0 spiro atoms. The van der Waals surface area contributed by atoms with Crippen LogP contribution in [0.4, 0.5) is 5.13 Å². The number of carbonyl (C=O) groups excluding carboxylic acids is 1. The van der Waals surface area contributed by atoms with Crippen LogP contribution in [0.3, 0.4) is 0 Å². The van der Waals surface area contributed by atoms with Gasteiger partial charge in [0.2, 0.25) is 0 Å². The minimum absolute atomic E-state index is 0.0462. The van der Waals surface area contributed by atoms with E-state index in [2.05, 4.69) is 15.3 Å². The van der Waals surface area contributed by atoms with Crippen molar-refractivity contribution < 1.29 is 4.79 Å². The van der Waals surface area contributed by atoms with Crippen molar-refractivity contribution >= 4 is 33.3 Å². The molecule has 0 saturated heterocycles. The SMILES string of the molecule is O=C(c1cc2ccccc2[nH]1)N1CCc2nc(NCCn3ccnc3)sc2C1. The number of rotatable bonds is 5. The summed E-state index contributed by atoms with van der Waals surface area (Å²) in [5, 5.41) is 5.36. The molecule has 0 saturated carbocycles. The van der Waals surface area contributed by atoms with Crippen LogP contribution in [-0.4, -0.2) is 43.4 Å². The molecule has 0 unspecified atom stereocenters. The van der Waals surface area contributed by atoms with Crippen LogP contribution in [0, 0.1) is 0 Å². The summed E-state index contributed by atoms with van der Waals surface area (Å²) in [4.78, 5) is 28.0. The number of aromatic nitrogens is 4. The number of amides is 1. The van der Waals surface area contributed by atoms with Gasteiger partial charge >= 0.3 is 0 Å². The first-order chi connectivity index (χ1) is 13.8. The molecule has 2 N–H and O–H groups in total. The van der Waals surface area contributed by atoms with Crippen molar-refractivity contribution in [2.75, 3.05) is 18.4 Å². The Morgan fingerprint density at radius 3 is 3.11 bits per heavy atom. The molecule has 28 heavy (non-hydrogen) atoms. The molecule has 1 aromatic carbocycles. The van der Waals surface area contributed by atoms with Crippen molar-refractivity contribution in [1.82, 2.24) is 24.4 Å². The minimum Gasteiger partial charge on any atom is -0.360 e. The van der Waals surface area contributed by atoms with Crippen LogP contribution in [0.1, 0.15) is 21.1 Å². The van der Waals surface area contributed by atoms with Crippen molar-refractivity contribution in [1.29, 1.82) is 0 Å². The van der Waals surface area contributed by atoms with Gasteiger partial charge in [-0.1, -0.05) is 29.5 Å². The van der Waals surface area contributed by atoms with E-state index in [0.29, 0.717) is 18.8 Å². The van der Waals surface area contributed by atoms with Crippen LogP contribution in [-0.2, 0) is 19.5 Å². The van der Waals surface area contributed by atoms with E-state index in [1.54, 1.807) is 17.5 Å². The number of imidazole rings is 1. The maximum Gasteiger partial charge on any atom is 0.270 e. The first-order valence-electron chi connectivity index (χ1n) is 9.31. The van der Waals surface area contributed by atoms with E-state index in [4.69, 9.17) is 4.98 Å². The molecule has 5 rings (SSSR count). The van der Waals surface area contributed by atoms with Crippen LogP contribution < -0.4 is 5.32 Å². The van der Waals surface area contributed by atoms with Gasteiger partial charge in [0.25, 0.3) is 5.91 Å². The minimum atomic E-state index is 0.0462. The van der Waals surface area contributed by atoms with Crippen molar-refractivity contribution in [2.45, 2.75) is 19.5 Å². The second kappa shape index (κ2) is 7.12. The molecule has 0 aliphatic carbocycles. The predicted molar refractivity (Wildman–Crippen MR) is 110 cm³/mol. The van der Waals surface area contributed by atoms with Crippen molar-refractivity contribution in [2.24, 2.45) is 0 Å². The van der Waals surface area contributed by atoms with E-state index >= 15 is 0 Å². The van der Waals surface area contributed by atoms with Gasteiger partial charge in [0.05, 0.1) is 18.6 Å². The zero-order valence-electron chi connectivity index (χ0n) is 15.3. The number of nitrogens with zero attached hydrogens (tertiary/aromatic N) is 4. The maximum absolute atomic E-state index is 12.9. The largest absolute Gasteiger partial charge is 0.360 e. The molecule has 1 amide bonds. The molecule has 8 heteroatoms. The summed E-state index contributed by atoms with van der Waals surface area (Å²) < 4.78 is 2.03. The Labute approximate surface area is 166 Å². The van der Waals surface area contributed by atoms with Crippen molar-refractivity contribution in [3.05, 3.63) is 65.3 Å². The van der Waals surface area contributed by atoms with E-state index in [1.807, 2.05) is 52.3 Å². The van der Waals surface area contributed by atoms with Gasteiger partial charge in [-0.25, -0.2) is 9.97 Å². The van der Waals surface area contributed by atoms with E-state index in [9.17, 15) is 4.79 Å². The maximum atomic E-state index is 12.9. The Morgan fingerprint density at radius 1 is 1.32 bits per heavy atom. The topological polar surface area (TPSA) is 78.8 Å². The Balaban J connectivity index is 1.25. The number of hydrogen-bond donors (Lipinski definition) is 2. The summed E-state index contributed by atoms with van der Waals surface area (Å²) in [6, 6.07) is 9.89. The summed E-state index contributed by atoms with van der Waals surface area (Å²) in [6.45, 7) is 2.94. The average Bonchev–Trinajstić information content (AvgIpc) is 3.45. The van der Waals surface area contributed by atoms with Gasteiger partial charge in [-0.2, -0.15) is 0 Å². The van der Waals surface area contributed by atoms with Crippen LogP contribution in [0.5, 0.6) is 0 Å². The number of hydrogen-bond acceptors (Lipinski definition) is 5. The number of aromatic amines is 1. The van der Waals surface area contributed by atoms with Gasteiger partial charge in [-0.05, 0) is 12.1 Å². The van der Waals surface area contributed by atoms with Crippen molar-refractivity contribution in [3.63, 3.8) is 0 Å². The van der Waals surface area contributed by atoms with E-state index in [-0.39, 0.29) is 5.91 Å². The Bertz CT molecular complexity index is 1080. The van der Waals surface area contributed by atoms with Crippen LogP contribution >= 0.6 is 11.3 Å². The van der Waals surface area contributed by atoms with Crippen LogP contribution in [0.25, 0.3) is 10.9 Å². The summed E-state index contributed by atoms with van der Waals surface area (Å²) in [6.07, 6.45) is 6.33. The Hall–Kier alpha value is -3.13. The molecule has 142 valence electrons. The number of nitrogens with one attached hydrogen (secondary N) is 2. The number of benzene rings is 1. The number of para-hydroxylation sites is 1. The third kappa shape index (κ3) is 3.27. The smallest absolute Gasteiger partial charge is 0.270 e. The van der Waals surface area contributed by atoms with Gasteiger partial charge in [0.15, 0.2) is 5.13 Å². The standard InChI is InChI=1S/C20H20N6OS/c27-19(17-11-14-3-1-2-4-15(14)23-17)26-8-5-16-18(12-26)28-20(24-16)22-7-10-25-9-6-21-13-25/h1-4,6,9,11,13,23H,5,7-8,10,12H2,(H,22,24). The highest BCUT2D eigenvalue weighted by Gasteiger charge is 2.25. The summed E-state index contributed by atoms with van der Waals surface area (Å²) in [7, 11) is 0. The first-order valence-corrected chi connectivity index (χ1v) is 10.1. The number of anilines is 1. The fraction of sp³-hybridized carbons (Fsp3) is 0.250. The number of carbonyl (C=O) groups is 1. The first kappa shape index (κ1) is 17.0. The third-order valence-corrected chi connectivity index (χ3v) is 6.02. The molecule has 1 aliphatic heterocycles. The molecular weight excluding hydrogens is 372 g/mol. The highest BCUT2D eigenvalue weighted by atomic mass is 32.1. The monoisotopic (exact) mass is 392 g/mol. The van der Waals surface area contributed by atoms with Gasteiger partial charge in [-0.15, -0.1) is 0 Å². The van der Waals surface area contributed by atoms with Crippen LogP contribution in [0.2, 0.25) is 0 Å². The highest BCUT2D eigenvalue weighted by molar-refractivity contribution is 7.15. The summed E-state index contributed by atoms with van der Waals surface area (Å²) in [5.41, 5.74) is 2.74. The molecule has 0 fully saturated rings. The lowest BCUT2D eigenvalue weighted by atomic mass is 10.1. The van der Waals surface area contributed by atoms with Gasteiger partial charge in [0, 0.05) is 54.2 Å². The highest BCUT2D eigenvalue weighted by Crippen LogP contribution is 2.29. The fourth-order valence-corrected chi connectivity index (χ4v) is 4.56. The van der Waals surface area contributed by atoms with E-state index in [0.717, 1.165) is 41.2 Å². The van der Waals surface area contributed by atoms with E-state index < -0.39 is 0 Å². The third-order valence-electron chi connectivity index (χ3n) is 4.98. The van der Waals surface area contributed by atoms with Crippen LogP contribution in [0.15, 0.2) is 49.1 Å². The lowest BCUT2D eigenvalue weighted by Crippen LogP contribution is -2.35. The lowest BCUT2D eigenvalue weighted by Gasteiger charge is -2.25. The lowest BCUT2D eigenvalue weighted by molar-refractivity contribution is 0.0731. The summed E-state index contributed by atoms with van der Waals surface area (Å²) in [5.74, 6) is 0.0462. The second-order valence-electron chi connectivity index (χ2n) is 6.86. The van der Waals surface area contributed by atoms with Gasteiger partial charge < -0.3 is 19.8 Å². The number of fused-ring (bicyclic) bond motifs is 2. The van der Waals surface area contributed by atoms with Crippen molar-refractivity contribution in [3.8, 4) is 0 Å². The quantitative estimate of drug-likeness (QED) is 0.547. The zero-order chi connectivity index (χ0) is 18.9. The molecule has 7 nitrogen and oxygen atoms in total. The molecule has 1 aliphatic rings. The Kier molecular flexibility index (Phi) is 4.32. The molecule has 0 atom stereocenters. The number of thiazole rings is 1. The van der Waals surface area contributed by atoms with Gasteiger partial charge in [0.1, 0.15) is 5.69 Å². The molecule has 4 heterocycles. The second-order valence-corrected chi connectivity index (χ2v) is 7.95. The Morgan fingerprint density at radius 2 is 2.25 bits per heavy atom. The predicted octanol–water partition coefficient (Wildman–Crippen LogP) is 3.13. The molecule has 3 aromatic heterocycles. The average molecular weight is 392 g/mol. The number of H-pyrrole nitrogens is 1. The van der Waals surface area contributed by atoms with Gasteiger partial charge in [-0.3, -0.25) is 4.79 Å². The zero-order valence-corrected chi connectivity index (χ0v) is 16.1. The summed E-state index contributed by atoms with van der Waals surface area (Å²) >= 11 is 1.64.